The van der Waals surface area contributed by atoms with Crippen molar-refractivity contribution in [1.82, 2.24) is 23.9 Å². The fourth-order valence-electron chi connectivity index (χ4n) is 4.03. The van der Waals surface area contributed by atoms with Crippen molar-refractivity contribution >= 4 is 17.0 Å². The summed E-state index contributed by atoms with van der Waals surface area (Å²) >= 11 is 0. The first-order valence-corrected chi connectivity index (χ1v) is 10.4. The van der Waals surface area contributed by atoms with E-state index in [1.54, 1.807) is 29.7 Å². The predicted molar refractivity (Wildman–Crippen MR) is 120 cm³/mol. The summed E-state index contributed by atoms with van der Waals surface area (Å²) in [6, 6.07) is 6.99. The van der Waals surface area contributed by atoms with Crippen molar-refractivity contribution in [2.75, 3.05) is 18.0 Å². The highest BCUT2D eigenvalue weighted by atomic mass is 16.2. The van der Waals surface area contributed by atoms with Gasteiger partial charge in [0.2, 0.25) is 5.95 Å². The fourth-order valence-corrected chi connectivity index (χ4v) is 4.03. The summed E-state index contributed by atoms with van der Waals surface area (Å²) in [7, 11) is 1.53. The number of nitrogens with zero attached hydrogens (tertiary/aromatic N) is 7. The molecule has 0 saturated carbocycles. The first-order chi connectivity index (χ1) is 15.4. The van der Waals surface area contributed by atoms with E-state index in [4.69, 9.17) is 11.0 Å². The Kier molecular flexibility index (Phi) is 5.80. The van der Waals surface area contributed by atoms with E-state index in [2.05, 4.69) is 21.8 Å². The van der Waals surface area contributed by atoms with Gasteiger partial charge in [0, 0.05) is 26.2 Å². The number of fused-ring (bicyclic) bond motifs is 1. The number of piperidine rings is 1. The van der Waals surface area contributed by atoms with Crippen LogP contribution in [-0.4, -0.2) is 43.0 Å². The minimum Gasteiger partial charge on any atom is -0.341 e. The van der Waals surface area contributed by atoms with Crippen LogP contribution in [0.5, 0.6) is 0 Å². The monoisotopic (exact) mass is 432 g/mol. The van der Waals surface area contributed by atoms with Gasteiger partial charge in [-0.05, 0) is 31.9 Å². The van der Waals surface area contributed by atoms with Crippen LogP contribution in [0.2, 0.25) is 0 Å². The largest absolute Gasteiger partial charge is 0.341 e. The standard InChI is InChI=1S/C22H24N8O2/c1-3-4-11-29-19-18(26-22(29)28-10-6-7-15(24)13-28)20(31)27(2)30(21(19)32)14-17-9-5-8-16(12-23)25-17/h5,8-9,15H,6-7,10-11,13-14,24H2,1-2H3. The van der Waals surface area contributed by atoms with Gasteiger partial charge in [-0.1, -0.05) is 12.0 Å². The molecule has 0 aromatic carbocycles. The van der Waals surface area contributed by atoms with Gasteiger partial charge in [0.25, 0.3) is 11.1 Å². The Morgan fingerprint density at radius 1 is 1.25 bits per heavy atom. The van der Waals surface area contributed by atoms with Crippen LogP contribution < -0.4 is 21.8 Å². The molecule has 1 unspecified atom stereocenters. The van der Waals surface area contributed by atoms with E-state index in [-0.39, 0.29) is 47.0 Å². The number of aromatic nitrogens is 5. The van der Waals surface area contributed by atoms with Crippen LogP contribution >= 0.6 is 0 Å². The Hall–Kier alpha value is -3.89. The summed E-state index contributed by atoms with van der Waals surface area (Å²) < 4.78 is 4.28. The SMILES string of the molecule is CC#CCn1c(N2CCCC(N)C2)nc2c(=O)n(C)n(Cc3cccc(C#N)n3)c(=O)c21. The maximum absolute atomic E-state index is 13.6. The Labute approximate surface area is 184 Å². The number of rotatable bonds is 4. The van der Waals surface area contributed by atoms with E-state index in [1.165, 1.54) is 16.4 Å². The minimum absolute atomic E-state index is 0.00671. The van der Waals surface area contributed by atoms with Crippen molar-refractivity contribution < 1.29 is 0 Å². The second kappa shape index (κ2) is 8.69. The molecule has 1 aliphatic heterocycles. The lowest BCUT2D eigenvalue weighted by Crippen LogP contribution is -2.44. The highest BCUT2D eigenvalue weighted by Crippen LogP contribution is 2.22. The quantitative estimate of drug-likeness (QED) is 0.582. The zero-order valence-corrected chi connectivity index (χ0v) is 18.1. The van der Waals surface area contributed by atoms with Gasteiger partial charge in [-0.15, -0.1) is 5.92 Å². The number of nitrogens with two attached hydrogens (primary N) is 1. The lowest BCUT2D eigenvalue weighted by molar-refractivity contribution is 0.494. The molecular weight excluding hydrogens is 408 g/mol. The molecule has 0 amide bonds. The topological polar surface area (TPSA) is 128 Å². The second-order valence-electron chi connectivity index (χ2n) is 7.79. The molecule has 1 fully saturated rings. The Balaban J connectivity index is 1.92. The average molecular weight is 432 g/mol. The number of pyridine rings is 1. The molecule has 32 heavy (non-hydrogen) atoms. The summed E-state index contributed by atoms with van der Waals surface area (Å²) in [5.74, 6) is 6.37. The first kappa shape index (κ1) is 21.3. The van der Waals surface area contributed by atoms with Crippen molar-refractivity contribution in [2.45, 2.75) is 38.9 Å². The van der Waals surface area contributed by atoms with Crippen LogP contribution in [0.15, 0.2) is 27.8 Å². The van der Waals surface area contributed by atoms with Gasteiger partial charge < -0.3 is 10.6 Å². The van der Waals surface area contributed by atoms with Crippen LogP contribution in [0.1, 0.15) is 31.2 Å². The number of imidazole rings is 1. The molecule has 4 heterocycles. The number of hydrogen-bond donors (Lipinski definition) is 1. The Bertz CT molecular complexity index is 1400. The van der Waals surface area contributed by atoms with Crippen LogP contribution in [-0.2, 0) is 20.1 Å². The molecule has 0 bridgehead atoms. The van der Waals surface area contributed by atoms with E-state index in [1.807, 2.05) is 11.0 Å². The molecule has 0 radical (unpaired) electrons. The normalized spacial score (nSPS) is 15.9. The molecule has 10 nitrogen and oxygen atoms in total. The Morgan fingerprint density at radius 3 is 2.78 bits per heavy atom. The molecule has 4 rings (SSSR count). The second-order valence-corrected chi connectivity index (χ2v) is 7.79. The summed E-state index contributed by atoms with van der Waals surface area (Å²) in [5, 5.41) is 9.11. The molecule has 0 spiro atoms. The zero-order valence-electron chi connectivity index (χ0n) is 18.1. The minimum atomic E-state index is -0.387. The van der Waals surface area contributed by atoms with E-state index >= 15 is 0 Å². The summed E-state index contributed by atoms with van der Waals surface area (Å²) in [6.45, 7) is 3.35. The molecule has 164 valence electrons. The molecule has 2 N–H and O–H groups in total. The average Bonchev–Trinajstić information content (AvgIpc) is 3.19. The van der Waals surface area contributed by atoms with Gasteiger partial charge in [0.1, 0.15) is 17.3 Å². The maximum atomic E-state index is 13.6. The molecule has 1 atom stereocenters. The highest BCUT2D eigenvalue weighted by Gasteiger charge is 2.26. The summed E-state index contributed by atoms with van der Waals surface area (Å²) in [4.78, 5) is 37.6. The van der Waals surface area contributed by atoms with Crippen LogP contribution in [0.4, 0.5) is 5.95 Å². The fraction of sp³-hybridized carbons (Fsp3) is 0.409. The molecule has 1 aliphatic rings. The molecule has 3 aromatic rings. The maximum Gasteiger partial charge on any atom is 0.293 e. The molecule has 0 aliphatic carbocycles. The smallest absolute Gasteiger partial charge is 0.293 e. The van der Waals surface area contributed by atoms with Gasteiger partial charge in [-0.2, -0.15) is 5.26 Å². The summed E-state index contributed by atoms with van der Waals surface area (Å²) in [6.07, 6.45) is 1.84. The van der Waals surface area contributed by atoms with Gasteiger partial charge in [0.05, 0.1) is 18.8 Å². The van der Waals surface area contributed by atoms with E-state index in [0.29, 0.717) is 18.2 Å². The van der Waals surface area contributed by atoms with Crippen LogP contribution in [0.3, 0.4) is 0 Å². The van der Waals surface area contributed by atoms with Crippen LogP contribution in [0, 0.1) is 23.2 Å². The molecular formula is C22H24N8O2. The van der Waals surface area contributed by atoms with Crippen molar-refractivity contribution in [1.29, 1.82) is 5.26 Å². The van der Waals surface area contributed by atoms with Crippen molar-refractivity contribution in [3.63, 3.8) is 0 Å². The van der Waals surface area contributed by atoms with Gasteiger partial charge in [0.15, 0.2) is 5.52 Å². The third kappa shape index (κ3) is 3.77. The summed E-state index contributed by atoms with van der Waals surface area (Å²) in [5.41, 5.74) is 6.46. The first-order valence-electron chi connectivity index (χ1n) is 10.4. The molecule has 1 saturated heterocycles. The van der Waals surface area contributed by atoms with E-state index in [9.17, 15) is 9.59 Å². The van der Waals surface area contributed by atoms with Crippen LogP contribution in [0.25, 0.3) is 11.0 Å². The predicted octanol–water partition coefficient (Wildman–Crippen LogP) is 0.162. The van der Waals surface area contributed by atoms with Crippen molar-refractivity contribution in [3.05, 3.63) is 50.3 Å². The van der Waals surface area contributed by atoms with Crippen molar-refractivity contribution in [3.8, 4) is 17.9 Å². The van der Waals surface area contributed by atoms with Gasteiger partial charge >= 0.3 is 0 Å². The number of nitriles is 1. The number of hydrogen-bond acceptors (Lipinski definition) is 7. The third-order valence-electron chi connectivity index (χ3n) is 5.63. The zero-order chi connectivity index (χ0) is 22.8. The lowest BCUT2D eigenvalue weighted by atomic mass is 10.1. The van der Waals surface area contributed by atoms with E-state index < -0.39 is 0 Å². The third-order valence-corrected chi connectivity index (χ3v) is 5.63. The Morgan fingerprint density at radius 2 is 2.06 bits per heavy atom. The van der Waals surface area contributed by atoms with Crippen molar-refractivity contribution in [2.24, 2.45) is 12.8 Å². The molecule has 3 aromatic heterocycles. The van der Waals surface area contributed by atoms with E-state index in [0.717, 1.165) is 19.4 Å². The lowest BCUT2D eigenvalue weighted by Gasteiger charge is -2.31. The highest BCUT2D eigenvalue weighted by molar-refractivity contribution is 5.77. The van der Waals surface area contributed by atoms with Gasteiger partial charge in [-0.25, -0.2) is 19.3 Å². The molecule has 10 heteroatoms. The van der Waals surface area contributed by atoms with Gasteiger partial charge in [-0.3, -0.25) is 14.2 Å². The number of anilines is 1.